The third kappa shape index (κ3) is 6.19. The van der Waals surface area contributed by atoms with Crippen molar-refractivity contribution in [3.63, 3.8) is 0 Å². The molecule has 2 aromatic rings. The molecule has 0 atom stereocenters. The summed E-state index contributed by atoms with van der Waals surface area (Å²) >= 11 is 0. The Labute approximate surface area is 250 Å². The number of rotatable bonds is 5. The molecule has 3 fully saturated rings. The molecule has 5 rings (SSSR count). The number of hydrogen-bond acceptors (Lipinski definition) is 6. The molecule has 0 aromatic heterocycles. The van der Waals surface area contributed by atoms with Crippen LogP contribution in [0.25, 0.3) is 0 Å². The Morgan fingerprint density at radius 1 is 0.610 bits per heavy atom. The van der Waals surface area contributed by atoms with Crippen LogP contribution in [0.5, 0.6) is 0 Å². The van der Waals surface area contributed by atoms with Crippen molar-refractivity contribution in [2.75, 3.05) is 19.8 Å². The van der Waals surface area contributed by atoms with E-state index >= 15 is 0 Å². The van der Waals surface area contributed by atoms with Crippen LogP contribution in [0.1, 0.15) is 116 Å². The van der Waals surface area contributed by atoms with Gasteiger partial charge in [0.2, 0.25) is 0 Å². The van der Waals surface area contributed by atoms with Gasteiger partial charge in [-0.2, -0.15) is 8.60 Å². The lowest BCUT2D eigenvalue weighted by atomic mass is 9.60. The van der Waals surface area contributed by atoms with E-state index in [9.17, 15) is 9.79 Å². The van der Waals surface area contributed by atoms with Crippen LogP contribution in [0.3, 0.4) is 0 Å². The number of fused-ring (bicyclic) bond motifs is 3. The van der Waals surface area contributed by atoms with E-state index in [0.717, 1.165) is 22.3 Å². The molecule has 0 spiro atoms. The average molecular weight is 603 g/mol. The zero-order valence-electron chi connectivity index (χ0n) is 26.9. The van der Waals surface area contributed by atoms with E-state index in [1.165, 1.54) is 11.1 Å². The van der Waals surface area contributed by atoms with Crippen molar-refractivity contribution in [2.24, 2.45) is 5.41 Å². The smallest absolute Gasteiger partial charge is 0.332 e. The fourth-order valence-corrected chi connectivity index (χ4v) is 7.87. The first kappa shape index (κ1) is 33.0. The van der Waals surface area contributed by atoms with Crippen molar-refractivity contribution in [3.05, 3.63) is 69.8 Å². The molecule has 6 nitrogen and oxygen atoms in total. The van der Waals surface area contributed by atoms with Gasteiger partial charge in [0.25, 0.3) is 0 Å². The molecule has 2 aromatic carbocycles. The molecule has 3 heterocycles. The van der Waals surface area contributed by atoms with Gasteiger partial charge in [-0.15, -0.1) is 0 Å². The minimum absolute atomic E-state index is 0.101. The van der Waals surface area contributed by atoms with Gasteiger partial charge in [0, 0.05) is 0 Å². The van der Waals surface area contributed by atoms with E-state index in [2.05, 4.69) is 119 Å². The molecule has 3 saturated heterocycles. The third-order valence-electron chi connectivity index (χ3n) is 8.44. The van der Waals surface area contributed by atoms with Gasteiger partial charge < -0.3 is 27.9 Å². The second-order valence-corrected chi connectivity index (χ2v) is 17.7. The topological polar surface area (TPSA) is 83.0 Å². The Hall–Kier alpha value is -0.940. The molecule has 0 N–H and O–H groups in total. The molecule has 3 aliphatic rings. The fraction of sp³-hybridized carbons (Fsp3) is 0.636. The quantitative estimate of drug-likeness (QED) is 0.332. The maximum Gasteiger partial charge on any atom is 0.332 e. The summed E-state index contributed by atoms with van der Waals surface area (Å²) in [6.07, 6.45) is 0. The highest BCUT2D eigenvalue weighted by molar-refractivity contribution is 7.41. The summed E-state index contributed by atoms with van der Waals surface area (Å²) < 4.78 is 24.6. The highest BCUT2D eigenvalue weighted by Crippen LogP contribution is 2.64. The standard InChI is InChI=1S/C33H48O6P2/c1-28(2,3)22-13-15-24(26(17-22)30(7,8)9)33(39-40(34)35,32-19-36-41(37-20-32)38-21-32)25-16-14-23(29(4,5)6)18-27(25)31(10,11)12/h13-18H,19-21H2,1-12H3/q-2. The van der Waals surface area contributed by atoms with Crippen LogP contribution in [0.4, 0.5) is 0 Å². The molecule has 0 radical (unpaired) electrons. The molecule has 0 saturated carbocycles. The lowest BCUT2D eigenvalue weighted by molar-refractivity contribution is -0.333. The minimum atomic E-state index is -3.30. The lowest BCUT2D eigenvalue weighted by Gasteiger charge is -2.59. The zero-order valence-corrected chi connectivity index (χ0v) is 28.7. The summed E-state index contributed by atoms with van der Waals surface area (Å²) in [6.45, 7) is 26.9. The minimum Gasteiger partial charge on any atom is -0.820 e. The van der Waals surface area contributed by atoms with Gasteiger partial charge in [-0.3, -0.25) is 0 Å². The predicted octanol–water partition coefficient (Wildman–Crippen LogP) is 7.37. The molecular weight excluding hydrogens is 554 g/mol. The Kier molecular flexibility index (Phi) is 8.76. The monoisotopic (exact) mass is 602 g/mol. The van der Waals surface area contributed by atoms with Gasteiger partial charge in [-0.25, -0.2) is 0 Å². The average Bonchev–Trinajstić information content (AvgIpc) is 2.85. The van der Waals surface area contributed by atoms with Crippen LogP contribution in [0.2, 0.25) is 0 Å². The van der Waals surface area contributed by atoms with E-state index in [4.69, 9.17) is 18.1 Å². The second kappa shape index (κ2) is 10.9. The molecule has 0 unspecified atom stereocenters. The van der Waals surface area contributed by atoms with Gasteiger partial charge in [0.05, 0.1) is 25.2 Å². The highest BCUT2D eigenvalue weighted by atomic mass is 31.2. The van der Waals surface area contributed by atoms with Crippen molar-refractivity contribution in [1.29, 1.82) is 0 Å². The van der Waals surface area contributed by atoms with Crippen molar-refractivity contribution < 1.29 is 27.9 Å². The summed E-state index contributed by atoms with van der Waals surface area (Å²) in [6, 6.07) is 12.8. The second-order valence-electron chi connectivity index (χ2n) is 15.8. The summed E-state index contributed by atoms with van der Waals surface area (Å²) in [7, 11) is -4.75. The molecule has 228 valence electrons. The van der Waals surface area contributed by atoms with Gasteiger partial charge >= 0.3 is 8.60 Å². The molecule has 41 heavy (non-hydrogen) atoms. The van der Waals surface area contributed by atoms with Gasteiger partial charge in [-0.05, 0) is 55.0 Å². The van der Waals surface area contributed by atoms with E-state index in [-0.39, 0.29) is 41.5 Å². The van der Waals surface area contributed by atoms with Crippen LogP contribution in [-0.4, -0.2) is 19.8 Å². The third-order valence-corrected chi connectivity index (χ3v) is 9.89. The van der Waals surface area contributed by atoms with Crippen LogP contribution < -0.4 is 9.79 Å². The van der Waals surface area contributed by atoms with Gasteiger partial charge in [0.1, 0.15) is 5.60 Å². The normalized spacial score (nSPS) is 22.5. The summed E-state index contributed by atoms with van der Waals surface area (Å²) in [5, 5.41) is 0. The molecule has 8 heteroatoms. The Balaban J connectivity index is 2.21. The first-order valence-electron chi connectivity index (χ1n) is 14.5. The Morgan fingerprint density at radius 3 is 1.27 bits per heavy atom. The van der Waals surface area contributed by atoms with Crippen LogP contribution in [0, 0.1) is 5.41 Å². The molecular formula is C33H48O6P2-2. The van der Waals surface area contributed by atoms with Crippen LogP contribution in [0.15, 0.2) is 36.4 Å². The number of benzene rings is 2. The van der Waals surface area contributed by atoms with Crippen molar-refractivity contribution >= 4 is 17.2 Å². The van der Waals surface area contributed by atoms with Gasteiger partial charge in [0.15, 0.2) is 0 Å². The molecule has 2 bridgehead atoms. The fourth-order valence-electron chi connectivity index (χ4n) is 5.97. The Bertz CT molecular complexity index is 1160. The predicted molar refractivity (Wildman–Crippen MR) is 164 cm³/mol. The summed E-state index contributed by atoms with van der Waals surface area (Å²) in [5.74, 6) is 0. The number of hydrogen-bond donors (Lipinski definition) is 0. The van der Waals surface area contributed by atoms with E-state index in [1.54, 1.807) is 0 Å². The summed E-state index contributed by atoms with van der Waals surface area (Å²) in [4.78, 5) is 25.9. The maximum atomic E-state index is 12.9. The first-order chi connectivity index (χ1) is 18.6. The van der Waals surface area contributed by atoms with Gasteiger partial charge in [-0.1, -0.05) is 119 Å². The first-order valence-corrected chi connectivity index (χ1v) is 16.6. The molecule has 0 amide bonds. The largest absolute Gasteiger partial charge is 0.820 e. The van der Waals surface area contributed by atoms with Crippen molar-refractivity contribution in [1.82, 2.24) is 0 Å². The Morgan fingerprint density at radius 2 is 0.976 bits per heavy atom. The summed E-state index contributed by atoms with van der Waals surface area (Å²) in [5.41, 5.74) is 2.70. The zero-order chi connectivity index (χ0) is 30.8. The van der Waals surface area contributed by atoms with E-state index in [0.29, 0.717) is 0 Å². The molecule has 0 aliphatic carbocycles. The van der Waals surface area contributed by atoms with E-state index < -0.39 is 28.2 Å². The van der Waals surface area contributed by atoms with Crippen molar-refractivity contribution in [2.45, 2.75) is 110 Å². The van der Waals surface area contributed by atoms with E-state index in [1.807, 2.05) is 0 Å². The maximum absolute atomic E-state index is 12.9. The molecule has 3 aliphatic heterocycles. The highest BCUT2D eigenvalue weighted by Gasteiger charge is 2.62. The lowest BCUT2D eigenvalue weighted by Crippen LogP contribution is -2.60. The van der Waals surface area contributed by atoms with Crippen molar-refractivity contribution in [3.8, 4) is 0 Å². The van der Waals surface area contributed by atoms with Crippen LogP contribution in [-0.2, 0) is 45.4 Å². The van der Waals surface area contributed by atoms with Crippen LogP contribution >= 0.6 is 17.2 Å². The SMILES string of the molecule is CC(C)(C)c1ccc(C(OP([O-])[O-])(c2ccc(C(C)(C)C)cc2C(C)(C)C)C23COP(OC2)OC3)c(C(C)(C)C)c1.